The van der Waals surface area contributed by atoms with Crippen LogP contribution in [0.4, 0.5) is 0 Å². The Morgan fingerprint density at radius 3 is 0.854 bits per heavy atom. The van der Waals surface area contributed by atoms with Crippen LogP contribution in [0.15, 0.2) is 0 Å². The van der Waals surface area contributed by atoms with Gasteiger partial charge in [-0.2, -0.15) is 23.5 Å². The molecule has 44 heteroatoms. The first-order valence-electron chi connectivity index (χ1n) is 33.3. The first-order chi connectivity index (χ1) is 49.0. The van der Waals surface area contributed by atoms with Gasteiger partial charge in [0.15, 0.2) is 44.0 Å². The maximum Gasteiger partial charge on any atom is 0.235 e. The minimum Gasteiger partial charge on any atom is -0.394 e. The van der Waals surface area contributed by atoms with Crippen molar-refractivity contribution in [1.82, 2.24) is 5.32 Å². The Hall–Kier alpha value is -2.46. The number of carbonyl (C=O) groups is 4. The van der Waals surface area contributed by atoms with E-state index >= 15 is 0 Å². The maximum atomic E-state index is 13.1. The van der Waals surface area contributed by atoms with Crippen molar-refractivity contribution in [1.29, 1.82) is 0 Å². The van der Waals surface area contributed by atoms with E-state index in [1.807, 2.05) is 0 Å². The molecule has 21 saturated heterocycles. The number of thioether (sulfide) groups is 2. The van der Waals surface area contributed by atoms with Crippen molar-refractivity contribution in [2.75, 3.05) is 89.5 Å². The van der Waals surface area contributed by atoms with E-state index in [0.29, 0.717) is 0 Å². The summed E-state index contributed by atoms with van der Waals surface area (Å²) in [6, 6.07) is -0.957. The molecule has 14 unspecified atom stereocenters. The second-order valence-electron chi connectivity index (χ2n) is 25.9. The van der Waals surface area contributed by atoms with Crippen LogP contribution in [0.1, 0.15) is 26.2 Å². The first kappa shape index (κ1) is 86.1. The average molecular weight is 1540 g/mol. The summed E-state index contributed by atoms with van der Waals surface area (Å²) in [7, 11) is 1.43. The van der Waals surface area contributed by atoms with Gasteiger partial charge in [-0.1, -0.05) is 0 Å². The molecule has 0 aromatic heterocycles. The van der Waals surface area contributed by atoms with Crippen molar-refractivity contribution < 1.29 is 192 Å². The van der Waals surface area contributed by atoms with Crippen LogP contribution in [0.2, 0.25) is 0 Å². The van der Waals surface area contributed by atoms with Crippen LogP contribution in [-0.4, -0.2) is 431 Å². The van der Waals surface area contributed by atoms with Crippen molar-refractivity contribution in [3.05, 3.63) is 0 Å². The number of ether oxygens (including phenoxy) is 16. The Kier molecular flexibility index (Phi) is 33.4. The van der Waals surface area contributed by atoms with Crippen LogP contribution in [0.3, 0.4) is 0 Å². The summed E-state index contributed by atoms with van der Waals surface area (Å²) in [6.45, 7) is -3.71. The number of nitrogens with two attached hydrogens (primary N) is 2. The van der Waals surface area contributed by atoms with Gasteiger partial charge < -0.3 is 190 Å². The number of hydrogen-bond donors (Lipinski definition) is 22. The van der Waals surface area contributed by atoms with Crippen molar-refractivity contribution in [2.24, 2.45) is 17.4 Å². The van der Waals surface area contributed by atoms with E-state index in [4.69, 9.17) is 87.3 Å². The Labute approximate surface area is 596 Å². The highest BCUT2D eigenvalue weighted by Crippen LogP contribution is 2.40. The molecule has 0 aromatic carbocycles. The van der Waals surface area contributed by atoms with Gasteiger partial charge in [-0.15, -0.1) is 0 Å². The lowest BCUT2D eigenvalue weighted by atomic mass is 9.95. The number of amides is 2. The molecule has 596 valence electrons. The highest BCUT2D eigenvalue weighted by Gasteiger charge is 2.60. The zero-order valence-electron chi connectivity index (χ0n) is 55.8. The molecule has 21 fully saturated rings. The van der Waals surface area contributed by atoms with Gasteiger partial charge in [0.25, 0.3) is 0 Å². The lowest BCUT2D eigenvalue weighted by molar-refractivity contribution is -0.395. The van der Waals surface area contributed by atoms with Crippen LogP contribution >= 0.6 is 23.5 Å². The van der Waals surface area contributed by atoms with E-state index in [1.165, 1.54) is 14.0 Å². The third-order valence-electron chi connectivity index (χ3n) is 18.7. The summed E-state index contributed by atoms with van der Waals surface area (Å²) < 4.78 is 93.7. The van der Waals surface area contributed by atoms with Crippen LogP contribution in [0.25, 0.3) is 0 Å². The number of likely N-dealkylation sites (N-methyl/N-ethyl adjacent to an activating group) is 1. The Morgan fingerprint density at radius 2 is 0.612 bits per heavy atom. The zero-order chi connectivity index (χ0) is 75.4. The largest absolute Gasteiger partial charge is 0.394 e. The molecular weight excluding hydrogens is 1440 g/mol. The smallest absolute Gasteiger partial charge is 0.235 e. The van der Waals surface area contributed by atoms with Gasteiger partial charge in [0, 0.05) is 42.3 Å². The van der Waals surface area contributed by atoms with Crippen LogP contribution in [0, 0.1) is 5.92 Å². The molecule has 14 bridgehead atoms. The van der Waals surface area contributed by atoms with E-state index in [-0.39, 0.29) is 68.7 Å². The number of hydrogen-bond acceptors (Lipinski definition) is 42. The topological polar surface area (TPSA) is 664 Å². The first-order valence-corrected chi connectivity index (χ1v) is 35.7. The SMILES string of the molecule is CN[C@H](CSCC1O[C@H]2O[C@@H]3C(CO)O[C@H](O[C@@H]4C(CO)O[C@H](O[C@@H]5C(CO)O[C@H](O[C@@H]6C(CSC[C@@H](CC(=O)CCOCCOCCC(C)=O)C(N)=O)O[C@H](O[C@@H]7C(CO)O[C@@H](O[C@@H]8C(CO)O[C@@H](O[C@H]1[C@H](O)C2O)C(O)[C@H]8O)C(O)[C@H]7O)C(O)[C@H]6O)C(O)[C@H]5O)C(O)[C@H]4O)C(O)[C@H]3O)C(N)=O. The number of primary amides is 2. The minimum absolute atomic E-state index is 0.0645. The summed E-state index contributed by atoms with van der Waals surface area (Å²) in [6.07, 6.45) is -72.1. The standard InChI is InChI=1S/C59H99N3O39S2/c1-19(68)3-5-86-7-8-87-6-4-21(69)9-20(51(60)84)15-102-17-28-49-35(75)42(82)58(93-28)98-47-26(13-66)89-55(38(78)31(47)71)97-46-25(12-65)92-57(41(81)34(46)74)101-50-29(18-103-16-22(62-2)52(61)85)94-59(43(83)36(50)76)99-48-27(14-67)90-54(39(79)32(48)72)95-44-23(10-63)88-53(37(77)30(44)70)96-45-24(11-64)91-56(100-49)40(80)33(45)73/h20,22-50,53-59,62-67,70-83H,3-18H2,1-2H3,(H2,60,84)(H2,61,85)/t20-,22-,23?,24?,25?,26?,27?,28?,29?,30-,31-,32-,33-,34-,35-,36-,37?,38?,39?,40?,41?,42?,43?,44-,45-,46-,47-,48-,49-,50-,53-,54-,55+,56-,57+,58-,59+/m1/s1. The number of Topliss-reactive ketones (excluding diaryl/α,β-unsaturated/α-hetero) is 2. The van der Waals surface area contributed by atoms with E-state index in [2.05, 4.69) is 5.32 Å². The molecule has 21 aliphatic rings. The van der Waals surface area contributed by atoms with Crippen LogP contribution in [0.5, 0.6) is 0 Å². The van der Waals surface area contributed by atoms with Crippen molar-refractivity contribution in [2.45, 2.75) is 247 Å². The lowest BCUT2D eigenvalue weighted by Crippen LogP contribution is -2.68. The quantitative estimate of drug-likeness (QED) is 0.0340. The normalized spacial score (nSPS) is 44.9. The summed E-state index contributed by atoms with van der Waals surface area (Å²) >= 11 is 1.83. The number of carbonyl (C=O) groups excluding carboxylic acids is 4. The number of nitrogens with one attached hydrogen (secondary N) is 1. The maximum absolute atomic E-state index is 13.1. The molecule has 24 N–H and O–H groups in total. The zero-order valence-corrected chi connectivity index (χ0v) is 57.4. The molecule has 21 rings (SSSR count). The minimum atomic E-state index is -2.29. The van der Waals surface area contributed by atoms with Gasteiger partial charge in [0.05, 0.1) is 83.6 Å². The third-order valence-corrected chi connectivity index (χ3v) is 21.0. The van der Waals surface area contributed by atoms with Gasteiger partial charge in [0.2, 0.25) is 11.8 Å². The second kappa shape index (κ2) is 40.0. The fourth-order valence-electron chi connectivity index (χ4n) is 12.7. The van der Waals surface area contributed by atoms with Gasteiger partial charge in [-0.05, 0) is 14.0 Å². The van der Waals surface area contributed by atoms with Gasteiger partial charge in [-0.25, -0.2) is 0 Å². The fourth-order valence-corrected chi connectivity index (χ4v) is 15.1. The number of aliphatic hydroxyl groups is 19. The molecular formula is C59H99N3O39S2. The molecule has 21 aliphatic heterocycles. The second-order valence-corrected chi connectivity index (χ2v) is 28.0. The molecule has 0 aromatic rings. The Bertz CT molecular complexity index is 2620. The third kappa shape index (κ3) is 21.0. The molecule has 103 heavy (non-hydrogen) atoms. The highest BCUT2D eigenvalue weighted by molar-refractivity contribution is 7.99. The highest BCUT2D eigenvalue weighted by atomic mass is 32.2. The molecule has 2 amide bonds. The molecule has 0 radical (unpaired) electrons. The monoisotopic (exact) mass is 1540 g/mol. The van der Waals surface area contributed by atoms with Crippen molar-refractivity contribution >= 4 is 46.9 Å². The Balaban J connectivity index is 1.08. The molecule has 21 heterocycles. The van der Waals surface area contributed by atoms with Crippen molar-refractivity contribution in [3.8, 4) is 0 Å². The fraction of sp³-hybridized carbons (Fsp3) is 0.932. The van der Waals surface area contributed by atoms with Crippen LogP contribution in [-0.2, 0) is 95.0 Å². The lowest BCUT2D eigenvalue weighted by Gasteiger charge is -2.50. The van der Waals surface area contributed by atoms with E-state index in [1.54, 1.807) is 0 Å². The summed E-state index contributed by atoms with van der Waals surface area (Å²) in [5.41, 5.74) is 11.3. The molecule has 0 saturated carbocycles. The predicted molar refractivity (Wildman–Crippen MR) is 335 cm³/mol. The summed E-state index contributed by atoms with van der Waals surface area (Å²) in [5.74, 6) is -4.38. The average Bonchev–Trinajstić information content (AvgIpc) is 0.785. The van der Waals surface area contributed by atoms with E-state index in [0.717, 1.165) is 23.5 Å². The predicted octanol–water partition coefficient (Wildman–Crippen LogP) is -14.2. The van der Waals surface area contributed by atoms with Gasteiger partial charge in [-0.3, -0.25) is 19.2 Å². The number of ketones is 2. The Morgan fingerprint density at radius 1 is 0.359 bits per heavy atom. The molecule has 42 nitrogen and oxygen atoms in total. The van der Waals surface area contributed by atoms with Gasteiger partial charge >= 0.3 is 0 Å². The van der Waals surface area contributed by atoms with E-state index in [9.17, 15) is 116 Å². The molecule has 0 aliphatic carbocycles. The summed E-state index contributed by atoms with van der Waals surface area (Å²) in [4.78, 5) is 49.2. The van der Waals surface area contributed by atoms with Gasteiger partial charge in [0.1, 0.15) is 170 Å². The molecule has 37 atom stereocenters. The van der Waals surface area contributed by atoms with E-state index < -0.39 is 283 Å². The van der Waals surface area contributed by atoms with Crippen molar-refractivity contribution in [3.63, 3.8) is 0 Å². The van der Waals surface area contributed by atoms with Crippen LogP contribution < -0.4 is 16.8 Å². The number of rotatable bonds is 27. The molecule has 0 spiro atoms. The number of aliphatic hydroxyl groups excluding tert-OH is 19. The summed E-state index contributed by atoms with van der Waals surface area (Å²) in [5, 5.41) is 220.